The molecule has 2 rings (SSSR count). The van der Waals surface area contributed by atoms with E-state index in [1.807, 2.05) is 6.07 Å². The van der Waals surface area contributed by atoms with Gasteiger partial charge in [-0.3, -0.25) is 0 Å². The summed E-state index contributed by atoms with van der Waals surface area (Å²) in [5, 5.41) is 0.968. The van der Waals surface area contributed by atoms with Crippen molar-refractivity contribution >= 4 is 38.9 Å². The van der Waals surface area contributed by atoms with Gasteiger partial charge >= 0.3 is 0 Å². The standard InChI is InChI=1S/C15H16BrClS/c1-2-15(11-16,12-6-4-3-5-7-12)10-13-8-9-14(17)18-13/h3-9H,2,10-11H2,1H3. The third-order valence-corrected chi connectivity index (χ3v) is 5.76. The number of halogens is 2. The summed E-state index contributed by atoms with van der Waals surface area (Å²) in [6.45, 7) is 2.25. The number of alkyl halides is 1. The van der Waals surface area contributed by atoms with Crippen LogP contribution in [0.3, 0.4) is 0 Å². The van der Waals surface area contributed by atoms with E-state index in [-0.39, 0.29) is 5.41 Å². The summed E-state index contributed by atoms with van der Waals surface area (Å²) in [5.41, 5.74) is 1.56. The van der Waals surface area contributed by atoms with Gasteiger partial charge in [-0.25, -0.2) is 0 Å². The molecule has 0 bridgehead atoms. The molecule has 2 aromatic rings. The molecule has 0 fully saturated rings. The third kappa shape index (κ3) is 2.98. The summed E-state index contributed by atoms with van der Waals surface area (Å²) in [6.07, 6.45) is 2.15. The molecule has 0 spiro atoms. The van der Waals surface area contributed by atoms with E-state index >= 15 is 0 Å². The Balaban J connectivity index is 2.32. The molecule has 0 amide bonds. The number of hydrogen-bond acceptors (Lipinski definition) is 1. The van der Waals surface area contributed by atoms with Crippen LogP contribution >= 0.6 is 38.9 Å². The van der Waals surface area contributed by atoms with Gasteiger partial charge in [0.25, 0.3) is 0 Å². The number of rotatable bonds is 5. The summed E-state index contributed by atoms with van der Waals surface area (Å²) in [5.74, 6) is 0. The highest BCUT2D eigenvalue weighted by atomic mass is 79.9. The minimum Gasteiger partial charge on any atom is -0.128 e. The molecule has 3 heteroatoms. The third-order valence-electron chi connectivity index (χ3n) is 3.46. The van der Waals surface area contributed by atoms with Gasteiger partial charge in [0.15, 0.2) is 0 Å². The Hall–Kier alpha value is -0.310. The van der Waals surface area contributed by atoms with Gasteiger partial charge in [0.2, 0.25) is 0 Å². The first kappa shape index (κ1) is 14.1. The first-order valence-electron chi connectivity index (χ1n) is 6.06. The van der Waals surface area contributed by atoms with Crippen LogP contribution in [0.2, 0.25) is 4.34 Å². The molecule has 0 aliphatic carbocycles. The van der Waals surface area contributed by atoms with E-state index in [9.17, 15) is 0 Å². The van der Waals surface area contributed by atoms with Gasteiger partial charge < -0.3 is 0 Å². The predicted molar refractivity (Wildman–Crippen MR) is 85.2 cm³/mol. The van der Waals surface area contributed by atoms with Crippen LogP contribution in [0, 0.1) is 0 Å². The van der Waals surface area contributed by atoms with Crippen molar-refractivity contribution in [2.45, 2.75) is 25.2 Å². The van der Waals surface area contributed by atoms with Crippen LogP contribution in [0.4, 0.5) is 0 Å². The Morgan fingerprint density at radius 1 is 1.17 bits per heavy atom. The summed E-state index contributed by atoms with van der Waals surface area (Å²) < 4.78 is 0.873. The lowest BCUT2D eigenvalue weighted by atomic mass is 9.77. The Morgan fingerprint density at radius 2 is 1.89 bits per heavy atom. The molecule has 96 valence electrons. The monoisotopic (exact) mass is 342 g/mol. The zero-order valence-corrected chi connectivity index (χ0v) is 13.5. The first-order valence-corrected chi connectivity index (χ1v) is 8.37. The highest BCUT2D eigenvalue weighted by Crippen LogP contribution is 2.36. The molecule has 0 aliphatic heterocycles. The van der Waals surface area contributed by atoms with Crippen LogP contribution in [0.5, 0.6) is 0 Å². The second-order valence-electron chi connectivity index (χ2n) is 4.52. The van der Waals surface area contributed by atoms with E-state index in [4.69, 9.17) is 11.6 Å². The van der Waals surface area contributed by atoms with Crippen molar-refractivity contribution in [3.8, 4) is 0 Å². The minimum absolute atomic E-state index is 0.162. The van der Waals surface area contributed by atoms with E-state index in [1.165, 1.54) is 10.4 Å². The Kier molecular flexibility index (Phi) is 4.88. The lowest BCUT2D eigenvalue weighted by Crippen LogP contribution is -2.29. The molecule has 1 heterocycles. The highest BCUT2D eigenvalue weighted by Gasteiger charge is 2.29. The van der Waals surface area contributed by atoms with Gasteiger partial charge in [-0.05, 0) is 30.5 Å². The SMILES string of the molecule is CCC(CBr)(Cc1ccc(Cl)s1)c1ccccc1. The van der Waals surface area contributed by atoms with Gasteiger partial charge in [-0.2, -0.15) is 0 Å². The topological polar surface area (TPSA) is 0 Å². The van der Waals surface area contributed by atoms with Crippen LogP contribution in [0.1, 0.15) is 23.8 Å². The maximum Gasteiger partial charge on any atom is 0.0931 e. The lowest BCUT2D eigenvalue weighted by molar-refractivity contribution is 0.468. The fraction of sp³-hybridized carbons (Fsp3) is 0.333. The highest BCUT2D eigenvalue weighted by molar-refractivity contribution is 9.09. The molecule has 1 atom stereocenters. The van der Waals surface area contributed by atoms with E-state index in [2.05, 4.69) is 59.3 Å². The molecular formula is C15H16BrClS. The summed E-state index contributed by atoms with van der Waals surface area (Å²) >= 11 is 11.4. The lowest BCUT2D eigenvalue weighted by Gasteiger charge is -2.31. The van der Waals surface area contributed by atoms with Crippen LogP contribution in [-0.4, -0.2) is 5.33 Å². The van der Waals surface area contributed by atoms with Crippen LogP contribution < -0.4 is 0 Å². The average molecular weight is 344 g/mol. The second kappa shape index (κ2) is 6.23. The first-order chi connectivity index (χ1) is 8.70. The number of benzene rings is 1. The molecule has 0 saturated carbocycles. The maximum atomic E-state index is 6.03. The summed E-state index contributed by atoms with van der Waals surface area (Å²) in [6, 6.07) is 14.9. The molecule has 0 saturated heterocycles. The van der Waals surface area contributed by atoms with E-state index in [0.717, 1.165) is 22.5 Å². The van der Waals surface area contributed by atoms with Crippen molar-refractivity contribution in [3.05, 3.63) is 57.2 Å². The molecule has 1 aromatic carbocycles. The van der Waals surface area contributed by atoms with Crippen molar-refractivity contribution < 1.29 is 0 Å². The normalized spacial score (nSPS) is 14.4. The van der Waals surface area contributed by atoms with Gasteiger partial charge in [0, 0.05) is 15.6 Å². The van der Waals surface area contributed by atoms with Gasteiger partial charge in [0.1, 0.15) is 0 Å². The Bertz CT molecular complexity index is 488. The second-order valence-corrected chi connectivity index (χ2v) is 6.88. The largest absolute Gasteiger partial charge is 0.128 e. The van der Waals surface area contributed by atoms with Gasteiger partial charge in [0.05, 0.1) is 4.34 Å². The summed E-state index contributed by atoms with van der Waals surface area (Å²) in [4.78, 5) is 1.35. The fourth-order valence-electron chi connectivity index (χ4n) is 2.22. The molecule has 0 nitrogen and oxygen atoms in total. The van der Waals surface area contributed by atoms with Gasteiger partial charge in [-0.15, -0.1) is 11.3 Å². The molecule has 18 heavy (non-hydrogen) atoms. The van der Waals surface area contributed by atoms with Crippen LogP contribution in [0.15, 0.2) is 42.5 Å². The zero-order chi connectivity index (χ0) is 13.0. The summed E-state index contributed by atoms with van der Waals surface area (Å²) in [7, 11) is 0. The number of thiophene rings is 1. The van der Waals surface area contributed by atoms with E-state index in [1.54, 1.807) is 11.3 Å². The van der Waals surface area contributed by atoms with Crippen LogP contribution in [-0.2, 0) is 11.8 Å². The smallest absolute Gasteiger partial charge is 0.0931 e. The minimum atomic E-state index is 0.162. The van der Waals surface area contributed by atoms with Crippen molar-refractivity contribution in [1.29, 1.82) is 0 Å². The predicted octanol–water partition coefficient (Wildman–Crippen LogP) is 5.69. The molecule has 1 unspecified atom stereocenters. The molecule has 1 aromatic heterocycles. The Labute approximate surface area is 126 Å². The van der Waals surface area contributed by atoms with Crippen molar-refractivity contribution in [3.63, 3.8) is 0 Å². The molecular weight excluding hydrogens is 328 g/mol. The van der Waals surface area contributed by atoms with E-state index in [0.29, 0.717) is 0 Å². The molecule has 0 radical (unpaired) electrons. The van der Waals surface area contributed by atoms with Crippen LogP contribution in [0.25, 0.3) is 0 Å². The number of hydrogen-bond donors (Lipinski definition) is 0. The molecule has 0 N–H and O–H groups in total. The van der Waals surface area contributed by atoms with E-state index < -0.39 is 0 Å². The fourth-order valence-corrected chi connectivity index (χ4v) is 4.37. The van der Waals surface area contributed by atoms with Crippen molar-refractivity contribution in [2.75, 3.05) is 5.33 Å². The van der Waals surface area contributed by atoms with Gasteiger partial charge in [-0.1, -0.05) is 64.8 Å². The molecule has 0 aliphatic rings. The average Bonchev–Trinajstić information content (AvgIpc) is 2.82. The maximum absolute atomic E-state index is 6.03. The van der Waals surface area contributed by atoms with Crippen molar-refractivity contribution in [2.24, 2.45) is 0 Å². The zero-order valence-electron chi connectivity index (χ0n) is 10.3. The quantitative estimate of drug-likeness (QED) is 0.612. The van der Waals surface area contributed by atoms with Crippen molar-refractivity contribution in [1.82, 2.24) is 0 Å². The Morgan fingerprint density at radius 3 is 2.39 bits per heavy atom.